The highest BCUT2D eigenvalue weighted by atomic mass is 16.5. The van der Waals surface area contributed by atoms with Crippen LogP contribution in [0.4, 0.5) is 0 Å². The maximum atomic E-state index is 11.9. The number of aryl methyl sites for hydroxylation is 1. The summed E-state index contributed by atoms with van der Waals surface area (Å²) < 4.78 is 5.90. The molecule has 4 nitrogen and oxygen atoms in total. The SMILES string of the molecule is Cc1ccc(OC2CCCCNC2=O)c([C@@H](C)N)c1. The molecule has 2 atom stereocenters. The Bertz CT molecular complexity index is 457. The van der Waals surface area contributed by atoms with E-state index in [-0.39, 0.29) is 11.9 Å². The summed E-state index contributed by atoms with van der Waals surface area (Å²) in [7, 11) is 0. The molecule has 104 valence electrons. The van der Waals surface area contributed by atoms with Crippen LogP contribution in [0.25, 0.3) is 0 Å². The molecule has 1 fully saturated rings. The molecule has 1 aromatic rings. The van der Waals surface area contributed by atoms with Crippen LogP contribution in [0.1, 0.15) is 43.4 Å². The molecule has 1 heterocycles. The topological polar surface area (TPSA) is 64.3 Å². The Labute approximate surface area is 114 Å². The number of hydrogen-bond donors (Lipinski definition) is 2. The normalized spacial score (nSPS) is 21.4. The van der Waals surface area contributed by atoms with E-state index in [1.807, 2.05) is 32.0 Å². The van der Waals surface area contributed by atoms with Crippen LogP contribution in [0, 0.1) is 6.92 Å². The van der Waals surface area contributed by atoms with Crippen molar-refractivity contribution in [3.63, 3.8) is 0 Å². The van der Waals surface area contributed by atoms with E-state index in [0.29, 0.717) is 0 Å². The van der Waals surface area contributed by atoms with Crippen LogP contribution in [0.2, 0.25) is 0 Å². The molecule has 1 saturated heterocycles. The van der Waals surface area contributed by atoms with Crippen LogP contribution in [-0.2, 0) is 4.79 Å². The Balaban J connectivity index is 2.19. The minimum Gasteiger partial charge on any atom is -0.480 e. The highest BCUT2D eigenvalue weighted by Gasteiger charge is 2.23. The number of rotatable bonds is 3. The summed E-state index contributed by atoms with van der Waals surface area (Å²) in [5.74, 6) is 0.705. The van der Waals surface area contributed by atoms with Crippen molar-refractivity contribution < 1.29 is 9.53 Å². The second-order valence-corrected chi connectivity index (χ2v) is 5.22. The van der Waals surface area contributed by atoms with Crippen LogP contribution < -0.4 is 15.8 Å². The molecule has 0 saturated carbocycles. The maximum absolute atomic E-state index is 11.9. The van der Waals surface area contributed by atoms with Gasteiger partial charge in [-0.1, -0.05) is 17.7 Å². The Morgan fingerprint density at radius 2 is 2.21 bits per heavy atom. The van der Waals surface area contributed by atoms with Gasteiger partial charge >= 0.3 is 0 Å². The van der Waals surface area contributed by atoms with Crippen molar-refractivity contribution in [2.75, 3.05) is 6.54 Å². The number of amides is 1. The standard InChI is InChI=1S/C15H22N2O2/c1-10-6-7-13(12(9-10)11(2)16)19-14-5-3-4-8-17-15(14)18/h6-7,9,11,14H,3-5,8,16H2,1-2H3,(H,17,18)/t11-,14?/m1/s1. The third-order valence-corrected chi connectivity index (χ3v) is 3.41. The van der Waals surface area contributed by atoms with E-state index in [4.69, 9.17) is 10.5 Å². The monoisotopic (exact) mass is 262 g/mol. The molecular formula is C15H22N2O2. The molecular weight excluding hydrogens is 240 g/mol. The van der Waals surface area contributed by atoms with E-state index >= 15 is 0 Å². The number of nitrogens with two attached hydrogens (primary N) is 1. The van der Waals surface area contributed by atoms with Crippen molar-refractivity contribution in [1.82, 2.24) is 5.32 Å². The highest BCUT2D eigenvalue weighted by molar-refractivity contribution is 5.81. The lowest BCUT2D eigenvalue weighted by Crippen LogP contribution is -2.36. The molecule has 0 radical (unpaired) electrons. The number of nitrogens with one attached hydrogen (secondary N) is 1. The minimum atomic E-state index is -0.400. The summed E-state index contributed by atoms with van der Waals surface area (Å²) >= 11 is 0. The lowest BCUT2D eigenvalue weighted by molar-refractivity contribution is -0.127. The summed E-state index contributed by atoms with van der Waals surface area (Å²) in [5, 5.41) is 2.88. The van der Waals surface area contributed by atoms with Gasteiger partial charge in [0.25, 0.3) is 5.91 Å². The van der Waals surface area contributed by atoms with Crippen LogP contribution in [-0.4, -0.2) is 18.6 Å². The van der Waals surface area contributed by atoms with E-state index in [9.17, 15) is 4.79 Å². The second-order valence-electron chi connectivity index (χ2n) is 5.22. The van der Waals surface area contributed by atoms with Crippen molar-refractivity contribution >= 4 is 5.91 Å². The quantitative estimate of drug-likeness (QED) is 0.876. The predicted molar refractivity (Wildman–Crippen MR) is 75.1 cm³/mol. The van der Waals surface area contributed by atoms with Crippen LogP contribution in [0.5, 0.6) is 5.75 Å². The van der Waals surface area contributed by atoms with Crippen molar-refractivity contribution in [2.24, 2.45) is 5.73 Å². The summed E-state index contributed by atoms with van der Waals surface area (Å²) in [4.78, 5) is 11.9. The van der Waals surface area contributed by atoms with Gasteiger partial charge in [-0.25, -0.2) is 0 Å². The van der Waals surface area contributed by atoms with Gasteiger partial charge < -0.3 is 15.8 Å². The molecule has 0 aliphatic carbocycles. The van der Waals surface area contributed by atoms with Crippen molar-refractivity contribution in [2.45, 2.75) is 45.3 Å². The van der Waals surface area contributed by atoms with E-state index in [0.717, 1.165) is 42.7 Å². The first-order chi connectivity index (χ1) is 9.08. The Hall–Kier alpha value is -1.55. The second kappa shape index (κ2) is 6.06. The van der Waals surface area contributed by atoms with Crippen molar-refractivity contribution in [3.05, 3.63) is 29.3 Å². The zero-order valence-corrected chi connectivity index (χ0v) is 11.6. The molecule has 1 amide bonds. The summed E-state index contributed by atoms with van der Waals surface area (Å²) in [6.07, 6.45) is 2.38. The van der Waals surface area contributed by atoms with Gasteiger partial charge in [-0.3, -0.25) is 4.79 Å². The zero-order chi connectivity index (χ0) is 13.8. The van der Waals surface area contributed by atoms with Gasteiger partial charge in [0.05, 0.1) is 0 Å². The molecule has 4 heteroatoms. The summed E-state index contributed by atoms with van der Waals surface area (Å²) in [6.45, 7) is 4.69. The summed E-state index contributed by atoms with van der Waals surface area (Å²) in [5.41, 5.74) is 8.07. The smallest absolute Gasteiger partial charge is 0.261 e. The molecule has 1 unspecified atom stereocenters. The minimum absolute atomic E-state index is 0.0197. The molecule has 0 spiro atoms. The molecule has 3 N–H and O–H groups in total. The van der Waals surface area contributed by atoms with E-state index < -0.39 is 6.10 Å². The van der Waals surface area contributed by atoms with Crippen LogP contribution >= 0.6 is 0 Å². The van der Waals surface area contributed by atoms with Gasteiger partial charge in [-0.15, -0.1) is 0 Å². The number of carbonyl (C=O) groups excluding carboxylic acids is 1. The Morgan fingerprint density at radius 3 is 2.95 bits per heavy atom. The average Bonchev–Trinajstić information content (AvgIpc) is 2.57. The van der Waals surface area contributed by atoms with Crippen molar-refractivity contribution in [1.29, 1.82) is 0 Å². The maximum Gasteiger partial charge on any atom is 0.261 e. The first-order valence-electron chi connectivity index (χ1n) is 6.88. The van der Waals surface area contributed by atoms with Crippen LogP contribution in [0.3, 0.4) is 0 Å². The van der Waals surface area contributed by atoms with Gasteiger partial charge in [0.1, 0.15) is 5.75 Å². The van der Waals surface area contributed by atoms with Gasteiger partial charge in [0.15, 0.2) is 6.10 Å². The Morgan fingerprint density at radius 1 is 1.42 bits per heavy atom. The lowest BCUT2D eigenvalue weighted by Gasteiger charge is -2.20. The fraction of sp³-hybridized carbons (Fsp3) is 0.533. The number of ether oxygens (including phenoxy) is 1. The van der Waals surface area contributed by atoms with Gasteiger partial charge in [0.2, 0.25) is 0 Å². The van der Waals surface area contributed by atoms with Crippen molar-refractivity contribution in [3.8, 4) is 5.75 Å². The molecule has 0 aromatic heterocycles. The molecule has 0 bridgehead atoms. The molecule has 1 aliphatic rings. The van der Waals surface area contributed by atoms with Gasteiger partial charge in [0, 0.05) is 18.2 Å². The molecule has 1 aliphatic heterocycles. The van der Waals surface area contributed by atoms with Crippen LogP contribution in [0.15, 0.2) is 18.2 Å². The lowest BCUT2D eigenvalue weighted by atomic mass is 10.0. The molecule has 19 heavy (non-hydrogen) atoms. The number of hydrogen-bond acceptors (Lipinski definition) is 3. The zero-order valence-electron chi connectivity index (χ0n) is 11.6. The number of benzene rings is 1. The third-order valence-electron chi connectivity index (χ3n) is 3.41. The number of carbonyl (C=O) groups is 1. The summed E-state index contributed by atoms with van der Waals surface area (Å²) in [6, 6.07) is 5.81. The van der Waals surface area contributed by atoms with E-state index in [1.165, 1.54) is 0 Å². The highest BCUT2D eigenvalue weighted by Crippen LogP contribution is 2.27. The Kier molecular flexibility index (Phi) is 4.43. The molecule has 2 rings (SSSR count). The largest absolute Gasteiger partial charge is 0.480 e. The average molecular weight is 262 g/mol. The fourth-order valence-electron chi connectivity index (χ4n) is 2.31. The predicted octanol–water partition coefficient (Wildman–Crippen LogP) is 2.06. The first-order valence-corrected chi connectivity index (χ1v) is 6.88. The molecule has 1 aromatic carbocycles. The van der Waals surface area contributed by atoms with Gasteiger partial charge in [-0.2, -0.15) is 0 Å². The fourth-order valence-corrected chi connectivity index (χ4v) is 2.31. The van der Waals surface area contributed by atoms with E-state index in [2.05, 4.69) is 5.32 Å². The van der Waals surface area contributed by atoms with Gasteiger partial charge in [-0.05, 0) is 39.2 Å². The van der Waals surface area contributed by atoms with E-state index in [1.54, 1.807) is 0 Å². The first kappa shape index (κ1) is 13.9. The third kappa shape index (κ3) is 3.47.